The zero-order valence-electron chi connectivity index (χ0n) is 12.5. The number of fused-ring (bicyclic) bond motifs is 1. The smallest absolute Gasteiger partial charge is 0.230 e. The molecule has 1 saturated heterocycles. The Morgan fingerprint density at radius 1 is 1.40 bits per heavy atom. The lowest BCUT2D eigenvalue weighted by Gasteiger charge is -2.35. The van der Waals surface area contributed by atoms with Crippen molar-refractivity contribution in [1.82, 2.24) is 5.32 Å². The number of rotatable bonds is 1. The van der Waals surface area contributed by atoms with Gasteiger partial charge in [-0.05, 0) is 63.3 Å². The van der Waals surface area contributed by atoms with Crippen LogP contribution in [0.2, 0.25) is 0 Å². The van der Waals surface area contributed by atoms with Gasteiger partial charge in [-0.1, -0.05) is 12.1 Å². The van der Waals surface area contributed by atoms with Gasteiger partial charge in [0.15, 0.2) is 0 Å². The summed E-state index contributed by atoms with van der Waals surface area (Å²) in [6, 6.07) is 6.98. The molecular weight excluding hydrogens is 248 g/mol. The quantitative estimate of drug-likeness (QED) is 0.852. The molecule has 1 N–H and O–H groups in total. The predicted octanol–water partition coefficient (Wildman–Crippen LogP) is 2.66. The number of carbonyl (C=O) groups is 1. The number of aryl methyl sites for hydroxylation is 2. The van der Waals surface area contributed by atoms with Crippen molar-refractivity contribution in [1.29, 1.82) is 0 Å². The van der Waals surface area contributed by atoms with Crippen LogP contribution in [0, 0.1) is 12.8 Å². The third-order valence-corrected chi connectivity index (χ3v) is 4.60. The Balaban J connectivity index is 1.84. The molecule has 2 atom stereocenters. The summed E-state index contributed by atoms with van der Waals surface area (Å²) >= 11 is 0. The minimum absolute atomic E-state index is 0.192. The van der Waals surface area contributed by atoms with Crippen LogP contribution < -0.4 is 10.2 Å². The fourth-order valence-electron chi connectivity index (χ4n) is 3.49. The standard InChI is InChI=1S/C17H24N2O/c1-12-5-6-14-4-3-9-19(16(14)10-12)17(20)15-7-8-18-13(2)11-15/h5-6,10,13,15,18H,3-4,7-9,11H2,1-2H3/t13-,15-/m0/s1. The molecule has 0 radical (unpaired) electrons. The molecule has 0 aliphatic carbocycles. The predicted molar refractivity (Wildman–Crippen MR) is 82.0 cm³/mol. The van der Waals surface area contributed by atoms with E-state index in [1.165, 1.54) is 11.1 Å². The number of nitrogens with zero attached hydrogens (tertiary/aromatic N) is 1. The molecule has 1 amide bonds. The molecule has 3 heteroatoms. The summed E-state index contributed by atoms with van der Waals surface area (Å²) in [5, 5.41) is 3.43. The van der Waals surface area contributed by atoms with Gasteiger partial charge in [0, 0.05) is 24.2 Å². The Labute approximate surface area is 121 Å². The maximum Gasteiger partial charge on any atom is 0.230 e. The van der Waals surface area contributed by atoms with Gasteiger partial charge in [-0.25, -0.2) is 0 Å². The molecule has 1 aromatic rings. The van der Waals surface area contributed by atoms with Crippen LogP contribution in [0.5, 0.6) is 0 Å². The maximum atomic E-state index is 12.9. The molecule has 0 saturated carbocycles. The fraction of sp³-hybridized carbons (Fsp3) is 0.588. The van der Waals surface area contributed by atoms with Crippen LogP contribution in [0.1, 0.15) is 37.3 Å². The second-order valence-electron chi connectivity index (χ2n) is 6.30. The molecule has 2 heterocycles. The summed E-state index contributed by atoms with van der Waals surface area (Å²) in [7, 11) is 0. The van der Waals surface area contributed by atoms with Crippen LogP contribution in [-0.2, 0) is 11.2 Å². The number of piperidine rings is 1. The van der Waals surface area contributed by atoms with Crippen molar-refractivity contribution in [3.05, 3.63) is 29.3 Å². The highest BCUT2D eigenvalue weighted by atomic mass is 16.2. The van der Waals surface area contributed by atoms with Crippen molar-refractivity contribution in [3.63, 3.8) is 0 Å². The van der Waals surface area contributed by atoms with Gasteiger partial charge in [-0.2, -0.15) is 0 Å². The number of anilines is 1. The van der Waals surface area contributed by atoms with Crippen LogP contribution in [0.4, 0.5) is 5.69 Å². The summed E-state index contributed by atoms with van der Waals surface area (Å²) in [5.74, 6) is 0.530. The fourth-order valence-corrected chi connectivity index (χ4v) is 3.49. The van der Waals surface area contributed by atoms with E-state index in [9.17, 15) is 4.79 Å². The molecule has 108 valence electrons. The van der Waals surface area contributed by atoms with Crippen molar-refractivity contribution in [2.75, 3.05) is 18.0 Å². The summed E-state index contributed by atoms with van der Waals surface area (Å²) in [5.41, 5.74) is 3.73. The number of nitrogens with one attached hydrogen (secondary N) is 1. The summed E-state index contributed by atoms with van der Waals surface area (Å²) in [6.07, 6.45) is 4.13. The van der Waals surface area contributed by atoms with Crippen molar-refractivity contribution < 1.29 is 4.79 Å². The Morgan fingerprint density at radius 3 is 3.05 bits per heavy atom. The Kier molecular flexibility index (Phi) is 3.79. The minimum atomic E-state index is 0.192. The average molecular weight is 272 g/mol. The number of hydrogen-bond acceptors (Lipinski definition) is 2. The maximum absolute atomic E-state index is 12.9. The largest absolute Gasteiger partial charge is 0.314 e. The summed E-state index contributed by atoms with van der Waals surface area (Å²) < 4.78 is 0. The first-order valence-corrected chi connectivity index (χ1v) is 7.79. The van der Waals surface area contributed by atoms with E-state index >= 15 is 0 Å². The lowest BCUT2D eigenvalue weighted by atomic mass is 9.90. The van der Waals surface area contributed by atoms with E-state index in [4.69, 9.17) is 0 Å². The summed E-state index contributed by atoms with van der Waals surface area (Å²) in [4.78, 5) is 14.9. The van der Waals surface area contributed by atoms with E-state index in [-0.39, 0.29) is 5.92 Å². The van der Waals surface area contributed by atoms with Crippen LogP contribution in [0.25, 0.3) is 0 Å². The first kappa shape index (κ1) is 13.6. The molecule has 2 aliphatic rings. The van der Waals surface area contributed by atoms with Crippen molar-refractivity contribution in [3.8, 4) is 0 Å². The molecule has 0 aromatic heterocycles. The van der Waals surface area contributed by atoms with E-state index < -0.39 is 0 Å². The second kappa shape index (κ2) is 5.57. The monoisotopic (exact) mass is 272 g/mol. The van der Waals surface area contributed by atoms with Gasteiger partial charge in [0.2, 0.25) is 5.91 Å². The van der Waals surface area contributed by atoms with Crippen LogP contribution in [0.15, 0.2) is 18.2 Å². The van der Waals surface area contributed by atoms with E-state index in [1.54, 1.807) is 0 Å². The number of hydrogen-bond donors (Lipinski definition) is 1. The molecule has 3 rings (SSSR count). The minimum Gasteiger partial charge on any atom is -0.314 e. The van der Waals surface area contributed by atoms with Gasteiger partial charge in [-0.3, -0.25) is 4.79 Å². The van der Waals surface area contributed by atoms with Crippen molar-refractivity contribution in [2.45, 2.75) is 45.6 Å². The molecule has 0 bridgehead atoms. The summed E-state index contributed by atoms with van der Waals surface area (Å²) in [6.45, 7) is 6.12. The van der Waals surface area contributed by atoms with E-state index in [0.29, 0.717) is 11.9 Å². The third kappa shape index (κ3) is 2.59. The topological polar surface area (TPSA) is 32.3 Å². The first-order valence-electron chi connectivity index (χ1n) is 7.79. The van der Waals surface area contributed by atoms with Crippen LogP contribution in [0.3, 0.4) is 0 Å². The number of benzene rings is 1. The molecule has 0 spiro atoms. The van der Waals surface area contributed by atoms with Gasteiger partial charge >= 0.3 is 0 Å². The Bertz CT molecular complexity index is 512. The molecule has 3 nitrogen and oxygen atoms in total. The Morgan fingerprint density at radius 2 is 2.25 bits per heavy atom. The van der Waals surface area contributed by atoms with Crippen LogP contribution >= 0.6 is 0 Å². The second-order valence-corrected chi connectivity index (χ2v) is 6.30. The van der Waals surface area contributed by atoms with E-state index in [2.05, 4.69) is 42.3 Å². The molecular formula is C17H24N2O. The SMILES string of the molecule is Cc1ccc2c(c1)N(C(=O)[C@H]1CCN[C@@H](C)C1)CCC2. The molecule has 20 heavy (non-hydrogen) atoms. The highest BCUT2D eigenvalue weighted by Crippen LogP contribution is 2.31. The highest BCUT2D eigenvalue weighted by Gasteiger charge is 2.31. The van der Waals surface area contributed by atoms with Crippen molar-refractivity contribution >= 4 is 11.6 Å². The first-order chi connectivity index (χ1) is 9.65. The van der Waals surface area contributed by atoms with Gasteiger partial charge in [-0.15, -0.1) is 0 Å². The van der Waals surface area contributed by atoms with Gasteiger partial charge < -0.3 is 10.2 Å². The molecule has 1 fully saturated rings. The molecule has 1 aromatic carbocycles. The molecule has 0 unspecified atom stereocenters. The lowest BCUT2D eigenvalue weighted by Crippen LogP contribution is -2.45. The van der Waals surface area contributed by atoms with Gasteiger partial charge in [0.1, 0.15) is 0 Å². The van der Waals surface area contributed by atoms with E-state index in [1.807, 2.05) is 0 Å². The zero-order chi connectivity index (χ0) is 14.1. The normalized spacial score (nSPS) is 26.2. The Hall–Kier alpha value is -1.35. The van der Waals surface area contributed by atoms with E-state index in [0.717, 1.165) is 44.5 Å². The lowest BCUT2D eigenvalue weighted by molar-refractivity contribution is -0.123. The van der Waals surface area contributed by atoms with Gasteiger partial charge in [0.25, 0.3) is 0 Å². The van der Waals surface area contributed by atoms with Gasteiger partial charge in [0.05, 0.1) is 0 Å². The van der Waals surface area contributed by atoms with Crippen LogP contribution in [-0.4, -0.2) is 25.0 Å². The molecule has 2 aliphatic heterocycles. The number of amides is 1. The third-order valence-electron chi connectivity index (χ3n) is 4.60. The average Bonchev–Trinajstić information content (AvgIpc) is 2.46. The highest BCUT2D eigenvalue weighted by molar-refractivity contribution is 5.96. The van der Waals surface area contributed by atoms with Crippen molar-refractivity contribution in [2.24, 2.45) is 5.92 Å². The number of carbonyl (C=O) groups excluding carboxylic acids is 1. The zero-order valence-corrected chi connectivity index (χ0v) is 12.5.